The van der Waals surface area contributed by atoms with Crippen LogP contribution in [0.1, 0.15) is 15.9 Å². The van der Waals surface area contributed by atoms with Crippen LogP contribution in [0.2, 0.25) is 0 Å². The maximum atomic E-state index is 11.9. The highest BCUT2D eigenvalue weighted by atomic mass is 79.9. The predicted octanol–water partition coefficient (Wildman–Crippen LogP) is 0.179. The van der Waals surface area contributed by atoms with Gasteiger partial charge in [0.1, 0.15) is 9.84 Å². The van der Waals surface area contributed by atoms with E-state index in [2.05, 4.69) is 21.2 Å². The molecule has 21 heavy (non-hydrogen) atoms. The minimum Gasteiger partial charge on any atom is -0.351 e. The van der Waals surface area contributed by atoms with Gasteiger partial charge in [-0.2, -0.15) is 0 Å². The molecule has 7 nitrogen and oxygen atoms in total. The van der Waals surface area contributed by atoms with E-state index < -0.39 is 25.8 Å². The first-order chi connectivity index (χ1) is 9.42. The number of halogens is 1. The molecule has 1 aromatic carbocycles. The highest BCUT2D eigenvalue weighted by molar-refractivity contribution is 9.10. The van der Waals surface area contributed by atoms with Crippen LogP contribution in [0, 0.1) is 6.92 Å². The van der Waals surface area contributed by atoms with E-state index in [-0.39, 0.29) is 22.8 Å². The first-order valence-corrected chi connectivity index (χ1v) is 10.1. The molecule has 10 heteroatoms. The van der Waals surface area contributed by atoms with Crippen LogP contribution in [0.4, 0.5) is 0 Å². The summed E-state index contributed by atoms with van der Waals surface area (Å²) in [6.07, 6.45) is 1.06. The molecule has 0 unspecified atom stereocenters. The van der Waals surface area contributed by atoms with E-state index in [4.69, 9.17) is 5.14 Å². The second-order valence-electron chi connectivity index (χ2n) is 4.51. The number of sulfone groups is 1. The van der Waals surface area contributed by atoms with Crippen LogP contribution in [0.5, 0.6) is 0 Å². The zero-order valence-electron chi connectivity index (χ0n) is 11.4. The lowest BCUT2D eigenvalue weighted by Crippen LogP contribution is -2.29. The Morgan fingerprint density at radius 1 is 1.29 bits per heavy atom. The third kappa shape index (κ3) is 5.38. The lowest BCUT2D eigenvalue weighted by molar-refractivity contribution is 0.0956. The summed E-state index contributed by atoms with van der Waals surface area (Å²) in [4.78, 5) is 11.7. The number of hydrogen-bond donors (Lipinski definition) is 2. The van der Waals surface area contributed by atoms with Gasteiger partial charge in [0.2, 0.25) is 10.0 Å². The number of nitrogens with two attached hydrogens (primary N) is 1. The third-order valence-electron chi connectivity index (χ3n) is 2.62. The van der Waals surface area contributed by atoms with Crippen LogP contribution >= 0.6 is 15.9 Å². The molecule has 1 rings (SSSR count). The van der Waals surface area contributed by atoms with Gasteiger partial charge >= 0.3 is 0 Å². The quantitative estimate of drug-likeness (QED) is 0.731. The van der Waals surface area contributed by atoms with Gasteiger partial charge in [-0.25, -0.2) is 22.0 Å². The molecular formula is C11H15BrN2O5S2. The minimum atomic E-state index is -3.96. The number of carbonyl (C=O) groups is 1. The fourth-order valence-electron chi connectivity index (χ4n) is 1.53. The van der Waals surface area contributed by atoms with Crippen molar-refractivity contribution < 1.29 is 21.6 Å². The highest BCUT2D eigenvalue weighted by Crippen LogP contribution is 2.25. The van der Waals surface area contributed by atoms with Crippen molar-refractivity contribution in [2.45, 2.75) is 11.8 Å². The largest absolute Gasteiger partial charge is 0.351 e. The van der Waals surface area contributed by atoms with Gasteiger partial charge in [-0.15, -0.1) is 0 Å². The molecule has 118 valence electrons. The summed E-state index contributed by atoms with van der Waals surface area (Å²) in [5.41, 5.74) is 0.468. The van der Waals surface area contributed by atoms with Crippen LogP contribution in [-0.2, 0) is 19.9 Å². The summed E-state index contributed by atoms with van der Waals surface area (Å²) in [5.74, 6) is -0.780. The van der Waals surface area contributed by atoms with Crippen molar-refractivity contribution >= 4 is 41.7 Å². The summed E-state index contributed by atoms with van der Waals surface area (Å²) >= 11 is 3.16. The van der Waals surface area contributed by atoms with Gasteiger partial charge in [0.25, 0.3) is 5.91 Å². The second-order valence-corrected chi connectivity index (χ2v) is 9.16. The standard InChI is InChI=1S/C11H15BrN2O5S2/c1-7-9(12)5-8(6-10(7)21(13,18)19)11(15)14-3-4-20(2,16)17/h5-6H,3-4H2,1-2H3,(H,14,15)(H2,13,18,19). The molecule has 0 atom stereocenters. The molecular weight excluding hydrogens is 384 g/mol. The Bertz CT molecular complexity index is 772. The number of benzene rings is 1. The number of carbonyl (C=O) groups excluding carboxylic acids is 1. The molecule has 0 saturated carbocycles. The molecule has 0 aliphatic heterocycles. The molecule has 0 aromatic heterocycles. The van der Waals surface area contributed by atoms with E-state index >= 15 is 0 Å². The maximum absolute atomic E-state index is 11.9. The summed E-state index contributed by atoms with van der Waals surface area (Å²) in [6.45, 7) is 1.49. The van der Waals surface area contributed by atoms with Crippen LogP contribution in [0.3, 0.4) is 0 Å². The number of rotatable bonds is 5. The van der Waals surface area contributed by atoms with Crippen LogP contribution in [-0.4, -0.2) is 41.3 Å². The highest BCUT2D eigenvalue weighted by Gasteiger charge is 2.18. The number of primary sulfonamides is 1. The SMILES string of the molecule is Cc1c(Br)cc(C(=O)NCCS(C)(=O)=O)cc1S(N)(=O)=O. The predicted molar refractivity (Wildman–Crippen MR) is 82.3 cm³/mol. The molecule has 0 radical (unpaired) electrons. The monoisotopic (exact) mass is 398 g/mol. The van der Waals surface area contributed by atoms with Crippen LogP contribution in [0.15, 0.2) is 21.5 Å². The molecule has 1 amide bonds. The van der Waals surface area contributed by atoms with Gasteiger partial charge in [-0.05, 0) is 24.6 Å². The number of sulfonamides is 1. The molecule has 0 aliphatic carbocycles. The third-order valence-corrected chi connectivity index (χ3v) is 5.43. The van der Waals surface area contributed by atoms with Gasteiger partial charge in [0.15, 0.2) is 0 Å². The van der Waals surface area contributed by atoms with Gasteiger partial charge in [-0.3, -0.25) is 4.79 Å². The Kier molecular flexibility index (Phi) is 5.53. The first kappa shape index (κ1) is 18.1. The maximum Gasteiger partial charge on any atom is 0.251 e. The summed E-state index contributed by atoms with van der Waals surface area (Å²) in [7, 11) is -7.15. The molecule has 3 N–H and O–H groups in total. The molecule has 0 aliphatic rings. The van der Waals surface area contributed by atoms with Crippen molar-refractivity contribution in [2.75, 3.05) is 18.6 Å². The van der Waals surface area contributed by atoms with Crippen molar-refractivity contribution in [3.63, 3.8) is 0 Å². The lowest BCUT2D eigenvalue weighted by atomic mass is 10.1. The molecule has 1 aromatic rings. The Balaban J connectivity index is 3.04. The summed E-state index contributed by atoms with van der Waals surface area (Å²) in [5, 5.41) is 7.50. The Hall–Kier alpha value is -0.970. The zero-order valence-corrected chi connectivity index (χ0v) is 14.6. The van der Waals surface area contributed by atoms with Crippen molar-refractivity contribution in [1.29, 1.82) is 0 Å². The minimum absolute atomic E-state index is 0.0616. The molecule has 0 bridgehead atoms. The van der Waals surface area contributed by atoms with Crippen LogP contribution in [0.25, 0.3) is 0 Å². The van der Waals surface area contributed by atoms with E-state index in [1.165, 1.54) is 6.07 Å². The first-order valence-electron chi connectivity index (χ1n) is 5.70. The van der Waals surface area contributed by atoms with Crippen molar-refractivity contribution in [3.05, 3.63) is 27.7 Å². The lowest BCUT2D eigenvalue weighted by Gasteiger charge is -2.10. The number of hydrogen-bond acceptors (Lipinski definition) is 5. The Labute approximate surface area is 132 Å². The molecule has 0 heterocycles. The van der Waals surface area contributed by atoms with Gasteiger partial charge in [0.05, 0.1) is 10.6 Å². The van der Waals surface area contributed by atoms with E-state index in [0.717, 1.165) is 12.3 Å². The van der Waals surface area contributed by atoms with Gasteiger partial charge in [-0.1, -0.05) is 15.9 Å². The van der Waals surface area contributed by atoms with E-state index in [9.17, 15) is 21.6 Å². The fourth-order valence-corrected chi connectivity index (χ4v) is 3.42. The molecule has 0 saturated heterocycles. The summed E-state index contributed by atoms with van der Waals surface area (Å²) in [6, 6.07) is 2.60. The molecule has 0 fully saturated rings. The molecule has 0 spiro atoms. The van der Waals surface area contributed by atoms with Crippen molar-refractivity contribution in [1.82, 2.24) is 5.32 Å². The van der Waals surface area contributed by atoms with Crippen LogP contribution < -0.4 is 10.5 Å². The second kappa shape index (κ2) is 6.42. The van der Waals surface area contributed by atoms with E-state index in [0.29, 0.717) is 10.0 Å². The zero-order chi connectivity index (χ0) is 16.4. The summed E-state index contributed by atoms with van der Waals surface area (Å²) < 4.78 is 45.3. The normalized spacial score (nSPS) is 12.2. The fraction of sp³-hybridized carbons (Fsp3) is 0.364. The van der Waals surface area contributed by atoms with Gasteiger partial charge < -0.3 is 5.32 Å². The number of amides is 1. The van der Waals surface area contributed by atoms with Gasteiger partial charge in [0, 0.05) is 22.8 Å². The van der Waals surface area contributed by atoms with E-state index in [1.54, 1.807) is 6.92 Å². The average Bonchev–Trinajstić information content (AvgIpc) is 2.29. The smallest absolute Gasteiger partial charge is 0.251 e. The number of nitrogens with one attached hydrogen (secondary N) is 1. The van der Waals surface area contributed by atoms with Crippen molar-refractivity contribution in [2.24, 2.45) is 5.14 Å². The Morgan fingerprint density at radius 2 is 1.86 bits per heavy atom. The average molecular weight is 399 g/mol. The van der Waals surface area contributed by atoms with Crippen molar-refractivity contribution in [3.8, 4) is 0 Å². The topological polar surface area (TPSA) is 123 Å². The van der Waals surface area contributed by atoms with E-state index in [1.807, 2.05) is 0 Å². The Morgan fingerprint density at radius 3 is 2.33 bits per heavy atom.